The van der Waals surface area contributed by atoms with Gasteiger partial charge < -0.3 is 4.52 Å². The van der Waals surface area contributed by atoms with Crippen LogP contribution in [0, 0.1) is 5.92 Å². The van der Waals surface area contributed by atoms with Crippen LogP contribution in [-0.4, -0.2) is 15.1 Å². The zero-order valence-electron chi connectivity index (χ0n) is 15.3. The number of hydrogen-bond donors (Lipinski definition) is 0. The number of rotatable bonds is 5. The SMILES string of the molecule is CCCC1CCC(c2ccc(-c3nc(-c4cccnc4)no3)cc2)CC1. The molecular formula is C22H25N3O. The molecular weight excluding hydrogens is 322 g/mol. The van der Waals surface area contributed by atoms with Crippen LogP contribution in [0.4, 0.5) is 0 Å². The van der Waals surface area contributed by atoms with Crippen LogP contribution in [0.2, 0.25) is 0 Å². The zero-order valence-corrected chi connectivity index (χ0v) is 15.3. The van der Waals surface area contributed by atoms with E-state index in [0.717, 1.165) is 17.0 Å². The highest BCUT2D eigenvalue weighted by Gasteiger charge is 2.22. The van der Waals surface area contributed by atoms with Crippen molar-refractivity contribution >= 4 is 0 Å². The smallest absolute Gasteiger partial charge is 0.258 e. The third kappa shape index (κ3) is 3.69. The Kier molecular flexibility index (Phi) is 5.09. The van der Waals surface area contributed by atoms with Crippen LogP contribution in [0.15, 0.2) is 53.3 Å². The lowest BCUT2D eigenvalue weighted by atomic mass is 9.77. The molecule has 1 saturated carbocycles. The molecule has 4 rings (SSSR count). The molecule has 26 heavy (non-hydrogen) atoms. The molecule has 0 saturated heterocycles. The highest BCUT2D eigenvalue weighted by Crippen LogP contribution is 2.38. The first-order valence-corrected chi connectivity index (χ1v) is 9.68. The Balaban J connectivity index is 1.45. The molecule has 0 unspecified atom stereocenters. The first kappa shape index (κ1) is 17.0. The average Bonchev–Trinajstić information content (AvgIpc) is 3.20. The molecule has 1 aromatic carbocycles. The van der Waals surface area contributed by atoms with Crippen molar-refractivity contribution in [3.05, 3.63) is 54.4 Å². The van der Waals surface area contributed by atoms with Crippen LogP contribution in [0.5, 0.6) is 0 Å². The zero-order chi connectivity index (χ0) is 17.8. The minimum Gasteiger partial charge on any atom is -0.334 e. The van der Waals surface area contributed by atoms with Crippen molar-refractivity contribution in [2.75, 3.05) is 0 Å². The van der Waals surface area contributed by atoms with Crippen LogP contribution < -0.4 is 0 Å². The second kappa shape index (κ2) is 7.81. The summed E-state index contributed by atoms with van der Waals surface area (Å²) in [6.07, 6.45) is 11.6. The van der Waals surface area contributed by atoms with Gasteiger partial charge in [0.2, 0.25) is 5.82 Å². The molecule has 1 fully saturated rings. The van der Waals surface area contributed by atoms with Crippen molar-refractivity contribution in [3.63, 3.8) is 0 Å². The van der Waals surface area contributed by atoms with Gasteiger partial charge in [0, 0.05) is 23.5 Å². The van der Waals surface area contributed by atoms with Gasteiger partial charge in [-0.15, -0.1) is 0 Å². The van der Waals surface area contributed by atoms with Gasteiger partial charge in [0.25, 0.3) is 5.89 Å². The fraction of sp³-hybridized carbons (Fsp3) is 0.409. The summed E-state index contributed by atoms with van der Waals surface area (Å²) in [5.41, 5.74) is 3.27. The predicted molar refractivity (Wildman–Crippen MR) is 103 cm³/mol. The summed E-state index contributed by atoms with van der Waals surface area (Å²) in [5, 5.41) is 4.07. The molecule has 4 nitrogen and oxygen atoms in total. The summed E-state index contributed by atoms with van der Waals surface area (Å²) >= 11 is 0. The number of benzene rings is 1. The maximum Gasteiger partial charge on any atom is 0.258 e. The van der Waals surface area contributed by atoms with Crippen molar-refractivity contribution in [2.45, 2.75) is 51.4 Å². The molecule has 0 N–H and O–H groups in total. The quantitative estimate of drug-likeness (QED) is 0.579. The molecule has 134 valence electrons. The van der Waals surface area contributed by atoms with Crippen molar-refractivity contribution in [2.24, 2.45) is 5.92 Å². The van der Waals surface area contributed by atoms with Gasteiger partial charge in [-0.2, -0.15) is 4.98 Å². The summed E-state index contributed by atoms with van der Waals surface area (Å²) in [4.78, 5) is 8.61. The Morgan fingerprint density at radius 3 is 2.50 bits per heavy atom. The van der Waals surface area contributed by atoms with Crippen molar-refractivity contribution < 1.29 is 4.52 Å². The van der Waals surface area contributed by atoms with Crippen molar-refractivity contribution in [1.82, 2.24) is 15.1 Å². The normalized spacial score (nSPS) is 20.2. The highest BCUT2D eigenvalue weighted by atomic mass is 16.5. The molecule has 0 bridgehead atoms. The number of hydrogen-bond acceptors (Lipinski definition) is 4. The van der Waals surface area contributed by atoms with E-state index >= 15 is 0 Å². The van der Waals surface area contributed by atoms with E-state index in [9.17, 15) is 0 Å². The van der Waals surface area contributed by atoms with E-state index < -0.39 is 0 Å². The second-order valence-electron chi connectivity index (χ2n) is 7.29. The van der Waals surface area contributed by atoms with Gasteiger partial charge in [-0.3, -0.25) is 4.98 Å². The van der Waals surface area contributed by atoms with E-state index in [-0.39, 0.29) is 0 Å². The van der Waals surface area contributed by atoms with Gasteiger partial charge in [0.15, 0.2) is 0 Å². The van der Waals surface area contributed by atoms with Crippen LogP contribution >= 0.6 is 0 Å². The summed E-state index contributed by atoms with van der Waals surface area (Å²) in [7, 11) is 0. The number of aromatic nitrogens is 3. The first-order valence-electron chi connectivity index (χ1n) is 9.68. The van der Waals surface area contributed by atoms with Crippen LogP contribution in [0.3, 0.4) is 0 Å². The monoisotopic (exact) mass is 347 g/mol. The Labute approximate surface area is 154 Å². The second-order valence-corrected chi connectivity index (χ2v) is 7.29. The molecule has 4 heteroatoms. The third-order valence-corrected chi connectivity index (χ3v) is 5.52. The van der Waals surface area contributed by atoms with Gasteiger partial charge in [-0.05, 0) is 67.3 Å². The van der Waals surface area contributed by atoms with E-state index in [2.05, 4.69) is 46.3 Å². The first-order chi connectivity index (χ1) is 12.8. The van der Waals surface area contributed by atoms with Crippen molar-refractivity contribution in [1.29, 1.82) is 0 Å². The van der Waals surface area contributed by atoms with Crippen molar-refractivity contribution in [3.8, 4) is 22.8 Å². The Morgan fingerprint density at radius 2 is 1.81 bits per heavy atom. The lowest BCUT2D eigenvalue weighted by molar-refractivity contribution is 0.308. The minimum atomic E-state index is 0.557. The van der Waals surface area contributed by atoms with Gasteiger partial charge >= 0.3 is 0 Å². The standard InChI is InChI=1S/C22H25N3O/c1-2-4-16-6-8-17(9-7-16)18-10-12-19(13-11-18)22-24-21(25-26-22)20-5-3-14-23-15-20/h3,5,10-17H,2,4,6-9H2,1H3. The number of pyridine rings is 1. The minimum absolute atomic E-state index is 0.557. The molecule has 0 atom stereocenters. The largest absolute Gasteiger partial charge is 0.334 e. The summed E-state index contributed by atoms with van der Waals surface area (Å²) in [5.74, 6) is 2.78. The van der Waals surface area contributed by atoms with Gasteiger partial charge in [-0.1, -0.05) is 37.1 Å². The molecule has 0 spiro atoms. The molecule has 1 aliphatic rings. The van der Waals surface area contributed by atoms with E-state index in [1.807, 2.05) is 12.1 Å². The fourth-order valence-corrected chi connectivity index (χ4v) is 4.04. The molecule has 1 aliphatic carbocycles. The van der Waals surface area contributed by atoms with Crippen LogP contribution in [0.1, 0.15) is 56.9 Å². The molecule has 0 amide bonds. The Morgan fingerprint density at radius 1 is 1.00 bits per heavy atom. The van der Waals surface area contributed by atoms with Gasteiger partial charge in [0.1, 0.15) is 0 Å². The molecule has 2 heterocycles. The summed E-state index contributed by atoms with van der Waals surface area (Å²) < 4.78 is 5.44. The maximum atomic E-state index is 5.44. The van der Waals surface area contributed by atoms with Gasteiger partial charge in [-0.25, -0.2) is 0 Å². The average molecular weight is 347 g/mol. The topological polar surface area (TPSA) is 51.8 Å². The van der Waals surface area contributed by atoms with E-state index in [4.69, 9.17) is 4.52 Å². The molecule has 2 aromatic heterocycles. The molecule has 0 aliphatic heterocycles. The molecule has 3 aromatic rings. The highest BCUT2D eigenvalue weighted by molar-refractivity contribution is 5.59. The van der Waals surface area contributed by atoms with E-state index in [1.165, 1.54) is 44.1 Å². The lowest BCUT2D eigenvalue weighted by Crippen LogP contribution is -2.13. The predicted octanol–water partition coefficient (Wildman–Crippen LogP) is 5.87. The Bertz CT molecular complexity index is 818. The summed E-state index contributed by atoms with van der Waals surface area (Å²) in [6, 6.07) is 12.5. The number of nitrogens with zero attached hydrogens (tertiary/aromatic N) is 3. The fourth-order valence-electron chi connectivity index (χ4n) is 4.04. The van der Waals surface area contributed by atoms with E-state index in [0.29, 0.717) is 17.6 Å². The Hall–Kier alpha value is -2.49. The van der Waals surface area contributed by atoms with Crippen LogP contribution in [0.25, 0.3) is 22.8 Å². The summed E-state index contributed by atoms with van der Waals surface area (Å²) in [6.45, 7) is 2.29. The maximum absolute atomic E-state index is 5.44. The lowest BCUT2D eigenvalue weighted by Gasteiger charge is -2.28. The third-order valence-electron chi connectivity index (χ3n) is 5.52. The molecule has 0 radical (unpaired) electrons. The van der Waals surface area contributed by atoms with Crippen LogP contribution in [-0.2, 0) is 0 Å². The van der Waals surface area contributed by atoms with E-state index in [1.54, 1.807) is 12.4 Å². The van der Waals surface area contributed by atoms with Gasteiger partial charge in [0.05, 0.1) is 0 Å².